The summed E-state index contributed by atoms with van der Waals surface area (Å²) < 4.78 is 5.37. The van der Waals surface area contributed by atoms with E-state index in [1.807, 2.05) is 19.1 Å². The summed E-state index contributed by atoms with van der Waals surface area (Å²) in [6.07, 6.45) is 6.85. The topological polar surface area (TPSA) is 55.4 Å². The molecule has 1 N–H and O–H groups in total. The van der Waals surface area contributed by atoms with Crippen molar-refractivity contribution in [2.45, 2.75) is 38.7 Å². The fraction of sp³-hybridized carbons (Fsp3) is 0.500. The predicted octanol–water partition coefficient (Wildman–Crippen LogP) is 2.28. The molecule has 1 amide bonds. The highest BCUT2D eigenvalue weighted by Gasteiger charge is 2.37. The number of fused-ring (bicyclic) bond motifs is 1. The molecule has 0 unspecified atom stereocenters. The molecule has 1 saturated heterocycles. The van der Waals surface area contributed by atoms with E-state index in [0.717, 1.165) is 18.4 Å². The van der Waals surface area contributed by atoms with Crippen LogP contribution >= 0.6 is 0 Å². The van der Waals surface area contributed by atoms with E-state index in [1.54, 1.807) is 7.05 Å². The lowest BCUT2D eigenvalue weighted by molar-refractivity contribution is -0.137. The Bertz CT molecular complexity index is 502. The summed E-state index contributed by atoms with van der Waals surface area (Å²) in [6.45, 7) is 5.87. The smallest absolute Gasteiger partial charge is 0.334 e. The van der Waals surface area contributed by atoms with Gasteiger partial charge in [-0.25, -0.2) is 4.79 Å². The zero-order valence-electron chi connectivity index (χ0n) is 12.1. The molecule has 0 aromatic rings. The quantitative estimate of drug-likeness (QED) is 0.454. The van der Waals surface area contributed by atoms with Crippen LogP contribution in [-0.2, 0) is 14.3 Å². The third-order valence-corrected chi connectivity index (χ3v) is 3.97. The Kier molecular flexibility index (Phi) is 4.42. The highest BCUT2D eigenvalue weighted by atomic mass is 16.5. The van der Waals surface area contributed by atoms with Crippen molar-refractivity contribution < 1.29 is 14.3 Å². The molecule has 2 rings (SSSR count). The largest absolute Gasteiger partial charge is 0.454 e. The normalized spacial score (nSPS) is 32.3. The Morgan fingerprint density at radius 2 is 2.20 bits per heavy atom. The fourth-order valence-corrected chi connectivity index (χ4v) is 2.74. The minimum absolute atomic E-state index is 0.0244. The van der Waals surface area contributed by atoms with Crippen LogP contribution in [0.5, 0.6) is 0 Å². The van der Waals surface area contributed by atoms with Crippen molar-refractivity contribution in [1.29, 1.82) is 0 Å². The number of ether oxygens (including phenoxy) is 1. The standard InChI is InChI=1S/C16H21NO3/c1-10-5-4-6-12(15(18)17-3)7-8-13-11(2)16(19)20-14(13)9-10/h6,9,13-14H,2,4-5,7-8H2,1,3H3,(H,17,18)/b10-9+,12-6+/t13-,14+/m0/s1. The van der Waals surface area contributed by atoms with Gasteiger partial charge in [-0.3, -0.25) is 4.79 Å². The minimum atomic E-state index is -0.311. The van der Waals surface area contributed by atoms with Gasteiger partial charge >= 0.3 is 5.97 Å². The van der Waals surface area contributed by atoms with Crippen molar-refractivity contribution in [1.82, 2.24) is 5.32 Å². The first-order valence-corrected chi connectivity index (χ1v) is 7.01. The molecule has 2 aliphatic rings. The van der Waals surface area contributed by atoms with Crippen molar-refractivity contribution in [3.63, 3.8) is 0 Å². The summed E-state index contributed by atoms with van der Waals surface area (Å²) in [5.41, 5.74) is 2.49. The monoisotopic (exact) mass is 275 g/mol. The van der Waals surface area contributed by atoms with Crippen LogP contribution in [0.25, 0.3) is 0 Å². The van der Waals surface area contributed by atoms with E-state index in [4.69, 9.17) is 4.74 Å². The van der Waals surface area contributed by atoms with Crippen molar-refractivity contribution in [2.75, 3.05) is 7.05 Å². The summed E-state index contributed by atoms with van der Waals surface area (Å²) in [4.78, 5) is 23.5. The number of esters is 1. The van der Waals surface area contributed by atoms with E-state index < -0.39 is 0 Å². The molecule has 2 atom stereocenters. The molecule has 108 valence electrons. The molecular weight excluding hydrogens is 254 g/mol. The second kappa shape index (κ2) is 6.07. The lowest BCUT2D eigenvalue weighted by Crippen LogP contribution is -2.22. The summed E-state index contributed by atoms with van der Waals surface area (Å²) in [6, 6.07) is 0. The molecule has 4 heteroatoms. The Balaban J connectivity index is 2.24. The molecule has 0 aromatic heterocycles. The molecule has 1 fully saturated rings. The van der Waals surface area contributed by atoms with Crippen LogP contribution in [0.4, 0.5) is 0 Å². The Morgan fingerprint density at radius 1 is 1.45 bits per heavy atom. The highest BCUT2D eigenvalue weighted by molar-refractivity contribution is 5.93. The molecule has 1 heterocycles. The number of hydrogen-bond acceptors (Lipinski definition) is 3. The van der Waals surface area contributed by atoms with E-state index in [1.165, 1.54) is 5.57 Å². The number of rotatable bonds is 1. The van der Waals surface area contributed by atoms with Crippen LogP contribution in [0.1, 0.15) is 32.6 Å². The van der Waals surface area contributed by atoms with Gasteiger partial charge in [-0.1, -0.05) is 18.2 Å². The average molecular weight is 275 g/mol. The first-order valence-electron chi connectivity index (χ1n) is 7.01. The van der Waals surface area contributed by atoms with Gasteiger partial charge in [0.05, 0.1) is 0 Å². The summed E-state index contributed by atoms with van der Waals surface area (Å²) >= 11 is 0. The third kappa shape index (κ3) is 3.00. The van der Waals surface area contributed by atoms with Gasteiger partial charge in [0, 0.05) is 24.1 Å². The molecule has 0 aromatic carbocycles. The van der Waals surface area contributed by atoms with Crippen molar-refractivity contribution in [2.24, 2.45) is 5.92 Å². The van der Waals surface area contributed by atoms with E-state index in [0.29, 0.717) is 18.4 Å². The first-order chi connectivity index (χ1) is 9.52. The van der Waals surface area contributed by atoms with Crippen LogP contribution in [-0.4, -0.2) is 25.0 Å². The van der Waals surface area contributed by atoms with E-state index in [-0.39, 0.29) is 23.9 Å². The number of likely N-dealkylation sites (N-methyl/N-ethyl adjacent to an activating group) is 1. The van der Waals surface area contributed by atoms with Gasteiger partial charge < -0.3 is 10.1 Å². The zero-order valence-corrected chi connectivity index (χ0v) is 12.1. The van der Waals surface area contributed by atoms with Crippen LogP contribution in [0, 0.1) is 5.92 Å². The van der Waals surface area contributed by atoms with Crippen molar-refractivity contribution in [3.05, 3.63) is 35.5 Å². The molecule has 20 heavy (non-hydrogen) atoms. The van der Waals surface area contributed by atoms with Gasteiger partial charge in [-0.05, 0) is 38.7 Å². The number of amides is 1. The van der Waals surface area contributed by atoms with E-state index in [9.17, 15) is 9.59 Å². The molecule has 4 nitrogen and oxygen atoms in total. The van der Waals surface area contributed by atoms with Crippen LogP contribution in [0.2, 0.25) is 0 Å². The Labute approximate surface area is 119 Å². The first kappa shape index (κ1) is 14.6. The second-order valence-corrected chi connectivity index (χ2v) is 5.40. The Morgan fingerprint density at radius 3 is 2.90 bits per heavy atom. The molecule has 1 aliphatic carbocycles. The fourth-order valence-electron chi connectivity index (χ4n) is 2.74. The number of nitrogens with one attached hydrogen (secondary N) is 1. The number of hydrogen-bond donors (Lipinski definition) is 1. The Hall–Kier alpha value is -1.84. The SMILES string of the molecule is C=C1C(=O)O[C@@H]2/C=C(\C)CC/C=C(/C(=O)NC)CC[C@@H]12. The van der Waals surface area contributed by atoms with Crippen LogP contribution in [0.15, 0.2) is 35.5 Å². The maximum absolute atomic E-state index is 11.8. The summed E-state index contributed by atoms with van der Waals surface area (Å²) in [5, 5.41) is 2.67. The number of carbonyl (C=O) groups excluding carboxylic acids is 2. The molecule has 1 aliphatic heterocycles. The molecule has 0 saturated carbocycles. The van der Waals surface area contributed by atoms with Crippen LogP contribution in [0.3, 0.4) is 0 Å². The summed E-state index contributed by atoms with van der Waals surface area (Å²) in [5.74, 6) is -0.378. The van der Waals surface area contributed by atoms with E-state index >= 15 is 0 Å². The summed E-state index contributed by atoms with van der Waals surface area (Å²) in [7, 11) is 1.64. The predicted molar refractivity (Wildman–Crippen MR) is 76.9 cm³/mol. The molecule has 0 bridgehead atoms. The van der Waals surface area contributed by atoms with Crippen LogP contribution < -0.4 is 5.32 Å². The zero-order chi connectivity index (χ0) is 14.7. The maximum atomic E-state index is 11.8. The van der Waals surface area contributed by atoms with Gasteiger partial charge in [-0.2, -0.15) is 0 Å². The molecule has 0 radical (unpaired) electrons. The van der Waals surface area contributed by atoms with Gasteiger partial charge in [0.15, 0.2) is 0 Å². The number of allylic oxidation sites excluding steroid dienone is 2. The maximum Gasteiger partial charge on any atom is 0.334 e. The number of carbonyl (C=O) groups is 2. The average Bonchev–Trinajstić information content (AvgIpc) is 2.68. The molecular formula is C16H21NO3. The van der Waals surface area contributed by atoms with Gasteiger partial charge in [0.1, 0.15) is 6.10 Å². The lowest BCUT2D eigenvalue weighted by Gasteiger charge is -2.18. The highest BCUT2D eigenvalue weighted by Crippen LogP contribution is 2.34. The van der Waals surface area contributed by atoms with Gasteiger partial charge in [0.25, 0.3) is 0 Å². The minimum Gasteiger partial charge on any atom is -0.454 e. The van der Waals surface area contributed by atoms with E-state index in [2.05, 4.69) is 11.9 Å². The van der Waals surface area contributed by atoms with Gasteiger partial charge in [-0.15, -0.1) is 0 Å². The lowest BCUT2D eigenvalue weighted by atomic mass is 9.87. The van der Waals surface area contributed by atoms with Crippen molar-refractivity contribution in [3.8, 4) is 0 Å². The van der Waals surface area contributed by atoms with Crippen molar-refractivity contribution >= 4 is 11.9 Å². The molecule has 0 spiro atoms. The second-order valence-electron chi connectivity index (χ2n) is 5.40. The third-order valence-electron chi connectivity index (χ3n) is 3.97. The van der Waals surface area contributed by atoms with Gasteiger partial charge in [0.2, 0.25) is 5.91 Å².